The number of rotatable bonds is 10. The maximum absolute atomic E-state index is 12.5. The number of urea groups is 1. The standard InChI is InChI=1S/C22H29N3O2/c1-2-3-15-21(26)25(20-13-8-5-9-14-20)17-10-16-23-22(27)24-18-19-11-6-4-7-12-19/h4-9,11-14H,2-3,10,15-18H2,1H3,(H2,23,24,27). The van der Waals surface area contributed by atoms with Gasteiger partial charge in [-0.25, -0.2) is 4.79 Å². The topological polar surface area (TPSA) is 61.4 Å². The van der Waals surface area contributed by atoms with Crippen molar-refractivity contribution in [3.05, 3.63) is 66.2 Å². The molecule has 5 heteroatoms. The summed E-state index contributed by atoms with van der Waals surface area (Å²) in [6.07, 6.45) is 3.14. The van der Waals surface area contributed by atoms with E-state index in [2.05, 4.69) is 17.6 Å². The molecule has 0 atom stereocenters. The molecule has 0 radical (unpaired) electrons. The van der Waals surface area contributed by atoms with Crippen molar-refractivity contribution in [2.75, 3.05) is 18.0 Å². The maximum Gasteiger partial charge on any atom is 0.315 e. The van der Waals surface area contributed by atoms with Crippen LogP contribution >= 0.6 is 0 Å². The lowest BCUT2D eigenvalue weighted by Crippen LogP contribution is -2.38. The van der Waals surface area contributed by atoms with Gasteiger partial charge in [0.1, 0.15) is 0 Å². The summed E-state index contributed by atoms with van der Waals surface area (Å²) in [6.45, 7) is 3.69. The molecule has 0 unspecified atom stereocenters. The first-order valence-corrected chi connectivity index (χ1v) is 9.61. The number of benzene rings is 2. The SMILES string of the molecule is CCCCC(=O)N(CCCNC(=O)NCc1ccccc1)c1ccccc1. The van der Waals surface area contributed by atoms with Gasteiger partial charge < -0.3 is 15.5 Å². The Bertz CT molecular complexity index is 689. The van der Waals surface area contributed by atoms with Crippen molar-refractivity contribution in [2.24, 2.45) is 0 Å². The molecule has 3 amide bonds. The predicted octanol–water partition coefficient (Wildman–Crippen LogP) is 4.10. The summed E-state index contributed by atoms with van der Waals surface area (Å²) in [5.41, 5.74) is 1.97. The van der Waals surface area contributed by atoms with Crippen LogP contribution in [0.4, 0.5) is 10.5 Å². The Hall–Kier alpha value is -2.82. The van der Waals surface area contributed by atoms with Gasteiger partial charge in [-0.1, -0.05) is 61.9 Å². The second-order valence-electron chi connectivity index (χ2n) is 6.43. The van der Waals surface area contributed by atoms with E-state index in [9.17, 15) is 9.59 Å². The van der Waals surface area contributed by atoms with E-state index in [0.717, 1.165) is 24.1 Å². The molecule has 2 rings (SSSR count). The van der Waals surface area contributed by atoms with Gasteiger partial charge in [-0.15, -0.1) is 0 Å². The molecule has 0 bridgehead atoms. The number of nitrogens with one attached hydrogen (secondary N) is 2. The highest BCUT2D eigenvalue weighted by atomic mass is 16.2. The van der Waals surface area contributed by atoms with Crippen LogP contribution in [0.2, 0.25) is 0 Å². The Kier molecular flexibility index (Phi) is 8.90. The average molecular weight is 367 g/mol. The second-order valence-corrected chi connectivity index (χ2v) is 6.43. The number of carbonyl (C=O) groups excluding carboxylic acids is 2. The van der Waals surface area contributed by atoms with Gasteiger partial charge in [-0.2, -0.15) is 0 Å². The smallest absolute Gasteiger partial charge is 0.315 e. The van der Waals surface area contributed by atoms with Crippen molar-refractivity contribution in [2.45, 2.75) is 39.2 Å². The summed E-state index contributed by atoms with van der Waals surface area (Å²) in [4.78, 5) is 26.2. The number of carbonyl (C=O) groups is 2. The molecule has 0 aliphatic heterocycles. The quantitative estimate of drug-likeness (QED) is 0.621. The van der Waals surface area contributed by atoms with E-state index in [-0.39, 0.29) is 11.9 Å². The van der Waals surface area contributed by atoms with Crippen LogP contribution in [-0.2, 0) is 11.3 Å². The highest BCUT2D eigenvalue weighted by Gasteiger charge is 2.14. The Balaban J connectivity index is 1.75. The summed E-state index contributed by atoms with van der Waals surface area (Å²) < 4.78 is 0. The highest BCUT2D eigenvalue weighted by molar-refractivity contribution is 5.93. The molecule has 0 aliphatic rings. The van der Waals surface area contributed by atoms with Crippen molar-refractivity contribution in [1.29, 1.82) is 0 Å². The fourth-order valence-electron chi connectivity index (χ4n) is 2.75. The van der Waals surface area contributed by atoms with Crippen molar-refractivity contribution in [3.63, 3.8) is 0 Å². The fourth-order valence-corrected chi connectivity index (χ4v) is 2.75. The van der Waals surface area contributed by atoms with Crippen LogP contribution < -0.4 is 15.5 Å². The number of nitrogens with zero attached hydrogens (tertiary/aromatic N) is 1. The first kappa shape index (κ1) is 20.5. The van der Waals surface area contributed by atoms with E-state index in [0.29, 0.717) is 32.5 Å². The zero-order valence-electron chi connectivity index (χ0n) is 16.0. The summed E-state index contributed by atoms with van der Waals surface area (Å²) in [7, 11) is 0. The van der Waals surface area contributed by atoms with Gasteiger partial charge in [-0.05, 0) is 30.5 Å². The lowest BCUT2D eigenvalue weighted by Gasteiger charge is -2.23. The summed E-state index contributed by atoms with van der Waals surface area (Å²) >= 11 is 0. The van der Waals surface area contributed by atoms with Crippen molar-refractivity contribution >= 4 is 17.6 Å². The monoisotopic (exact) mass is 367 g/mol. The molecule has 0 saturated carbocycles. The molecule has 27 heavy (non-hydrogen) atoms. The lowest BCUT2D eigenvalue weighted by atomic mass is 10.2. The molecular weight excluding hydrogens is 338 g/mol. The van der Waals surface area contributed by atoms with E-state index in [1.54, 1.807) is 0 Å². The van der Waals surface area contributed by atoms with Crippen LogP contribution in [0.3, 0.4) is 0 Å². The summed E-state index contributed by atoms with van der Waals surface area (Å²) in [6, 6.07) is 19.3. The number of unbranched alkanes of at least 4 members (excludes halogenated alkanes) is 1. The summed E-state index contributed by atoms with van der Waals surface area (Å²) in [5.74, 6) is 0.136. The predicted molar refractivity (Wildman–Crippen MR) is 110 cm³/mol. The minimum Gasteiger partial charge on any atom is -0.338 e. The number of anilines is 1. The molecule has 0 aromatic heterocycles. The van der Waals surface area contributed by atoms with E-state index in [1.165, 1.54) is 0 Å². The van der Waals surface area contributed by atoms with Gasteiger partial charge in [0.05, 0.1) is 0 Å². The Morgan fingerprint density at radius 3 is 2.22 bits per heavy atom. The molecule has 0 aliphatic carbocycles. The third-order valence-corrected chi connectivity index (χ3v) is 4.25. The summed E-state index contributed by atoms with van der Waals surface area (Å²) in [5, 5.41) is 5.69. The van der Waals surface area contributed by atoms with Gasteiger partial charge in [0, 0.05) is 31.7 Å². The van der Waals surface area contributed by atoms with Gasteiger partial charge >= 0.3 is 6.03 Å². The molecule has 5 nitrogen and oxygen atoms in total. The molecule has 2 aromatic carbocycles. The van der Waals surface area contributed by atoms with E-state index >= 15 is 0 Å². The number of amides is 3. The fraction of sp³-hybridized carbons (Fsp3) is 0.364. The van der Waals surface area contributed by atoms with Crippen molar-refractivity contribution in [3.8, 4) is 0 Å². The number of hydrogen-bond donors (Lipinski definition) is 2. The lowest BCUT2D eigenvalue weighted by molar-refractivity contribution is -0.118. The number of hydrogen-bond acceptors (Lipinski definition) is 2. The molecule has 0 heterocycles. The third kappa shape index (κ3) is 7.52. The Morgan fingerprint density at radius 1 is 0.889 bits per heavy atom. The van der Waals surface area contributed by atoms with Gasteiger partial charge in [0.15, 0.2) is 0 Å². The number of para-hydroxylation sites is 1. The maximum atomic E-state index is 12.5. The average Bonchev–Trinajstić information content (AvgIpc) is 2.72. The molecule has 0 fully saturated rings. The van der Waals surface area contributed by atoms with Gasteiger partial charge in [0.25, 0.3) is 0 Å². The Morgan fingerprint density at radius 2 is 1.56 bits per heavy atom. The van der Waals surface area contributed by atoms with Crippen molar-refractivity contribution in [1.82, 2.24) is 10.6 Å². The largest absolute Gasteiger partial charge is 0.338 e. The molecule has 2 aromatic rings. The zero-order valence-corrected chi connectivity index (χ0v) is 16.0. The van der Waals surface area contributed by atoms with Crippen LogP contribution in [0.25, 0.3) is 0 Å². The van der Waals surface area contributed by atoms with Crippen LogP contribution in [0, 0.1) is 0 Å². The second kappa shape index (κ2) is 11.7. The van der Waals surface area contributed by atoms with Crippen LogP contribution in [0.1, 0.15) is 38.2 Å². The van der Waals surface area contributed by atoms with Crippen LogP contribution in [0.15, 0.2) is 60.7 Å². The third-order valence-electron chi connectivity index (χ3n) is 4.25. The molecule has 0 spiro atoms. The van der Waals surface area contributed by atoms with Crippen LogP contribution in [-0.4, -0.2) is 25.0 Å². The highest BCUT2D eigenvalue weighted by Crippen LogP contribution is 2.15. The first-order valence-electron chi connectivity index (χ1n) is 9.61. The Labute approximate surface area is 161 Å². The minimum absolute atomic E-state index is 0.136. The molecular formula is C22H29N3O2. The first-order chi connectivity index (χ1) is 13.2. The van der Waals surface area contributed by atoms with Crippen LogP contribution in [0.5, 0.6) is 0 Å². The van der Waals surface area contributed by atoms with Gasteiger partial charge in [0.2, 0.25) is 5.91 Å². The van der Waals surface area contributed by atoms with Gasteiger partial charge in [-0.3, -0.25) is 4.79 Å². The zero-order chi connectivity index (χ0) is 19.3. The van der Waals surface area contributed by atoms with Crippen molar-refractivity contribution < 1.29 is 9.59 Å². The van der Waals surface area contributed by atoms with E-state index in [4.69, 9.17) is 0 Å². The van der Waals surface area contributed by atoms with E-state index in [1.807, 2.05) is 65.6 Å². The van der Waals surface area contributed by atoms with E-state index < -0.39 is 0 Å². The molecule has 0 saturated heterocycles. The minimum atomic E-state index is -0.192. The normalized spacial score (nSPS) is 10.3. The molecule has 2 N–H and O–H groups in total. The molecule has 144 valence electrons.